The van der Waals surface area contributed by atoms with Crippen LogP contribution in [0, 0.1) is 12.8 Å². The molecular formula is C15H19N5O4S2. The molecular weight excluding hydrogens is 378 g/mol. The van der Waals surface area contributed by atoms with Crippen molar-refractivity contribution in [1.29, 1.82) is 0 Å². The normalized spacial score (nSPS) is 26.4. The number of rotatable bonds is 4. The minimum absolute atomic E-state index is 0.0418. The van der Waals surface area contributed by atoms with E-state index >= 15 is 0 Å². The average Bonchev–Trinajstić information content (AvgIpc) is 3.36. The second kappa shape index (κ2) is 6.10. The smallest absolute Gasteiger partial charge is 0.273 e. The zero-order valence-electron chi connectivity index (χ0n) is 14.5. The summed E-state index contributed by atoms with van der Waals surface area (Å²) in [5.41, 5.74) is 1.36. The van der Waals surface area contributed by atoms with E-state index < -0.39 is 15.4 Å². The van der Waals surface area contributed by atoms with E-state index in [0.29, 0.717) is 37.0 Å². The number of fused-ring (bicyclic) bond motifs is 1. The zero-order valence-corrected chi connectivity index (χ0v) is 16.1. The topological polar surface area (TPSA) is 110 Å². The van der Waals surface area contributed by atoms with Crippen LogP contribution in [0.15, 0.2) is 15.4 Å². The van der Waals surface area contributed by atoms with Gasteiger partial charge in [-0.15, -0.1) is 11.3 Å². The highest BCUT2D eigenvalue weighted by Crippen LogP contribution is 2.45. The fraction of sp³-hybridized carbons (Fsp3) is 0.600. The lowest BCUT2D eigenvalue weighted by atomic mass is 9.81. The summed E-state index contributed by atoms with van der Waals surface area (Å²) >= 11 is 1.37. The van der Waals surface area contributed by atoms with E-state index in [2.05, 4.69) is 15.1 Å². The number of amides is 1. The molecule has 0 aliphatic carbocycles. The van der Waals surface area contributed by atoms with Crippen molar-refractivity contribution in [3.05, 3.63) is 28.3 Å². The zero-order chi connectivity index (χ0) is 18.5. The molecule has 0 spiro atoms. The van der Waals surface area contributed by atoms with Gasteiger partial charge in [0.05, 0.1) is 16.7 Å². The molecule has 2 aliphatic heterocycles. The maximum atomic E-state index is 12.7. The van der Waals surface area contributed by atoms with Gasteiger partial charge in [0, 0.05) is 37.5 Å². The Labute approximate surface area is 155 Å². The van der Waals surface area contributed by atoms with Crippen LogP contribution < -0.4 is 0 Å². The molecule has 0 bridgehead atoms. The van der Waals surface area contributed by atoms with E-state index in [1.807, 2.05) is 0 Å². The summed E-state index contributed by atoms with van der Waals surface area (Å²) < 4.78 is 31.7. The molecule has 2 fully saturated rings. The Hall–Kier alpha value is -1.85. The maximum absolute atomic E-state index is 12.7. The molecule has 11 heteroatoms. The molecule has 2 atom stereocenters. The minimum atomic E-state index is -3.33. The first-order chi connectivity index (χ1) is 12.4. The summed E-state index contributed by atoms with van der Waals surface area (Å²) in [7, 11) is -3.33. The molecule has 140 valence electrons. The van der Waals surface area contributed by atoms with Crippen LogP contribution in [0.1, 0.15) is 29.1 Å². The first kappa shape index (κ1) is 17.6. The quantitative estimate of drug-likeness (QED) is 0.739. The summed E-state index contributed by atoms with van der Waals surface area (Å²) in [6.07, 6.45) is 0. The van der Waals surface area contributed by atoms with Crippen molar-refractivity contribution in [2.75, 3.05) is 31.9 Å². The number of thiazole rings is 1. The second-order valence-electron chi connectivity index (χ2n) is 6.75. The molecule has 2 aromatic heterocycles. The summed E-state index contributed by atoms with van der Waals surface area (Å²) in [6, 6.07) is 0. The van der Waals surface area contributed by atoms with Crippen LogP contribution in [0.4, 0.5) is 0 Å². The van der Waals surface area contributed by atoms with Crippen LogP contribution in [0.3, 0.4) is 0 Å². The maximum Gasteiger partial charge on any atom is 0.273 e. The van der Waals surface area contributed by atoms with E-state index in [0.717, 1.165) is 0 Å². The Kier molecular flexibility index (Phi) is 4.12. The van der Waals surface area contributed by atoms with Gasteiger partial charge in [-0.25, -0.2) is 17.7 Å². The van der Waals surface area contributed by atoms with Crippen LogP contribution >= 0.6 is 11.3 Å². The van der Waals surface area contributed by atoms with E-state index in [-0.39, 0.29) is 24.1 Å². The Morgan fingerprint density at radius 3 is 2.85 bits per heavy atom. The molecule has 9 nitrogen and oxygen atoms in total. The highest BCUT2D eigenvalue weighted by atomic mass is 32.2. The number of sulfonamides is 1. The number of hydrogen-bond donors (Lipinski definition) is 0. The molecule has 4 heterocycles. The molecule has 2 unspecified atom stereocenters. The van der Waals surface area contributed by atoms with Gasteiger partial charge in [0.15, 0.2) is 5.82 Å². The van der Waals surface area contributed by atoms with Crippen molar-refractivity contribution in [2.24, 2.45) is 5.92 Å². The van der Waals surface area contributed by atoms with Crippen molar-refractivity contribution in [3.63, 3.8) is 0 Å². The third-order valence-electron chi connectivity index (χ3n) is 5.23. The van der Waals surface area contributed by atoms with Crippen molar-refractivity contribution >= 4 is 27.3 Å². The molecule has 0 radical (unpaired) electrons. The molecule has 2 saturated heterocycles. The Balaban J connectivity index is 1.68. The van der Waals surface area contributed by atoms with Gasteiger partial charge in [0.1, 0.15) is 5.69 Å². The molecule has 0 N–H and O–H groups in total. The number of aryl methyl sites for hydroxylation is 1. The third kappa shape index (κ3) is 2.65. The van der Waals surface area contributed by atoms with Crippen molar-refractivity contribution in [1.82, 2.24) is 24.3 Å². The Bertz CT molecular complexity index is 926. The largest absolute Gasteiger partial charge is 0.339 e. The lowest BCUT2D eigenvalue weighted by Gasteiger charge is -2.25. The van der Waals surface area contributed by atoms with E-state index in [4.69, 9.17) is 4.52 Å². The van der Waals surface area contributed by atoms with Crippen LogP contribution in [0.5, 0.6) is 0 Å². The van der Waals surface area contributed by atoms with Gasteiger partial charge in [-0.1, -0.05) is 5.16 Å². The van der Waals surface area contributed by atoms with Gasteiger partial charge in [0.2, 0.25) is 15.9 Å². The minimum Gasteiger partial charge on any atom is -0.339 e. The first-order valence-corrected chi connectivity index (χ1v) is 10.9. The SMILES string of the molecule is CCS(=O)(=O)N1CC2CN(C(=O)c3cscn3)CC2(c2nc(C)no2)C1. The fourth-order valence-corrected chi connectivity index (χ4v) is 5.58. The van der Waals surface area contributed by atoms with Gasteiger partial charge >= 0.3 is 0 Å². The second-order valence-corrected chi connectivity index (χ2v) is 9.73. The van der Waals surface area contributed by atoms with Crippen LogP contribution in [-0.4, -0.2) is 70.6 Å². The van der Waals surface area contributed by atoms with E-state index in [1.54, 1.807) is 29.6 Å². The third-order valence-corrected chi connectivity index (χ3v) is 7.61. The number of nitrogens with zero attached hydrogens (tertiary/aromatic N) is 5. The summed E-state index contributed by atoms with van der Waals surface area (Å²) in [6.45, 7) is 4.72. The van der Waals surface area contributed by atoms with Crippen molar-refractivity contribution in [3.8, 4) is 0 Å². The van der Waals surface area contributed by atoms with Gasteiger partial charge in [-0.2, -0.15) is 4.98 Å². The Morgan fingerprint density at radius 1 is 1.42 bits per heavy atom. The molecule has 2 aliphatic rings. The van der Waals surface area contributed by atoms with Crippen LogP contribution in [0.2, 0.25) is 0 Å². The number of carbonyl (C=O) groups excluding carboxylic acids is 1. The fourth-order valence-electron chi connectivity index (χ4n) is 3.85. The van der Waals surface area contributed by atoms with Gasteiger partial charge in [-0.05, 0) is 13.8 Å². The highest BCUT2D eigenvalue weighted by molar-refractivity contribution is 7.89. The van der Waals surface area contributed by atoms with Crippen molar-refractivity contribution in [2.45, 2.75) is 19.3 Å². The molecule has 26 heavy (non-hydrogen) atoms. The monoisotopic (exact) mass is 397 g/mol. The molecule has 4 rings (SSSR count). The first-order valence-electron chi connectivity index (χ1n) is 8.32. The number of hydrogen-bond acceptors (Lipinski definition) is 8. The lowest BCUT2D eigenvalue weighted by molar-refractivity contribution is 0.0768. The van der Waals surface area contributed by atoms with Crippen LogP contribution in [0.25, 0.3) is 0 Å². The molecule has 0 aromatic carbocycles. The van der Waals surface area contributed by atoms with Gasteiger partial charge in [0.25, 0.3) is 5.91 Å². The lowest BCUT2D eigenvalue weighted by Crippen LogP contribution is -2.41. The molecule has 1 amide bonds. The summed E-state index contributed by atoms with van der Waals surface area (Å²) in [4.78, 5) is 22.9. The summed E-state index contributed by atoms with van der Waals surface area (Å²) in [5.74, 6) is 0.698. The van der Waals surface area contributed by atoms with Crippen molar-refractivity contribution < 1.29 is 17.7 Å². The van der Waals surface area contributed by atoms with E-state index in [1.165, 1.54) is 15.6 Å². The average molecular weight is 397 g/mol. The highest BCUT2D eigenvalue weighted by Gasteiger charge is 2.59. The predicted octanol–water partition coefficient (Wildman–Crippen LogP) is 0.510. The predicted molar refractivity (Wildman–Crippen MR) is 93.3 cm³/mol. The molecule has 2 aromatic rings. The van der Waals surface area contributed by atoms with Crippen LogP contribution in [-0.2, 0) is 15.4 Å². The van der Waals surface area contributed by atoms with Gasteiger partial charge < -0.3 is 9.42 Å². The summed E-state index contributed by atoms with van der Waals surface area (Å²) in [5, 5.41) is 5.59. The molecule has 0 saturated carbocycles. The number of aromatic nitrogens is 3. The number of likely N-dealkylation sites (tertiary alicyclic amines) is 1. The van der Waals surface area contributed by atoms with Gasteiger partial charge in [-0.3, -0.25) is 4.79 Å². The standard InChI is InChI=1S/C15H19N5O4S2/c1-3-26(22,23)20-5-11-4-19(13(21)12-6-25-9-16-12)7-15(11,8-20)14-17-10(2)18-24-14/h6,9,11H,3-5,7-8H2,1-2H3. The Morgan fingerprint density at radius 2 is 2.23 bits per heavy atom. The number of carbonyl (C=O) groups is 1. The van der Waals surface area contributed by atoms with E-state index in [9.17, 15) is 13.2 Å².